The van der Waals surface area contributed by atoms with Crippen molar-refractivity contribution in [1.82, 2.24) is 25.5 Å². The van der Waals surface area contributed by atoms with Crippen molar-refractivity contribution in [2.24, 2.45) is 0 Å². The number of benzene rings is 1. The molecular formula is C17H12ClN5O3S. The average Bonchev–Trinajstić information content (AvgIpc) is 3.38. The van der Waals surface area contributed by atoms with E-state index in [-0.39, 0.29) is 19.0 Å². The molecule has 8 nitrogen and oxygen atoms in total. The number of fused-ring (bicyclic) bond motifs is 1. The molecule has 3 heterocycles. The molecule has 0 radical (unpaired) electrons. The van der Waals surface area contributed by atoms with Crippen LogP contribution in [0.4, 0.5) is 0 Å². The molecule has 1 amide bonds. The SMILES string of the molecule is O=C(NCc1nncs1)c1nc(COc2ccc(Cl)c3cccnc23)co1. The second-order valence-corrected chi connectivity index (χ2v) is 6.72. The molecule has 0 saturated carbocycles. The van der Waals surface area contributed by atoms with Gasteiger partial charge in [-0.3, -0.25) is 9.78 Å². The summed E-state index contributed by atoms with van der Waals surface area (Å²) in [4.78, 5) is 20.5. The number of nitrogens with one attached hydrogen (secondary N) is 1. The van der Waals surface area contributed by atoms with Gasteiger partial charge in [0.05, 0.1) is 11.6 Å². The number of hydrogen-bond donors (Lipinski definition) is 1. The Morgan fingerprint density at radius 2 is 2.26 bits per heavy atom. The third-order valence-electron chi connectivity index (χ3n) is 3.61. The Morgan fingerprint density at radius 1 is 1.33 bits per heavy atom. The normalized spacial score (nSPS) is 10.9. The molecule has 1 N–H and O–H groups in total. The molecule has 3 aromatic heterocycles. The number of amides is 1. The van der Waals surface area contributed by atoms with E-state index in [9.17, 15) is 4.79 Å². The summed E-state index contributed by atoms with van der Waals surface area (Å²) >= 11 is 7.53. The van der Waals surface area contributed by atoms with Crippen LogP contribution in [0.5, 0.6) is 5.75 Å². The van der Waals surface area contributed by atoms with Gasteiger partial charge in [0.1, 0.15) is 40.3 Å². The number of pyridine rings is 1. The summed E-state index contributed by atoms with van der Waals surface area (Å²) in [6.07, 6.45) is 3.05. The Morgan fingerprint density at radius 3 is 3.11 bits per heavy atom. The maximum absolute atomic E-state index is 12.1. The number of oxazole rings is 1. The van der Waals surface area contributed by atoms with Gasteiger partial charge >= 0.3 is 5.91 Å². The zero-order chi connectivity index (χ0) is 18.6. The second-order valence-electron chi connectivity index (χ2n) is 5.39. The van der Waals surface area contributed by atoms with Crippen LogP contribution >= 0.6 is 22.9 Å². The molecule has 4 rings (SSSR count). The molecule has 0 spiro atoms. The molecule has 0 fully saturated rings. The highest BCUT2D eigenvalue weighted by Crippen LogP contribution is 2.30. The van der Waals surface area contributed by atoms with Crippen LogP contribution in [0.15, 0.2) is 46.7 Å². The van der Waals surface area contributed by atoms with Crippen LogP contribution in [-0.4, -0.2) is 26.1 Å². The van der Waals surface area contributed by atoms with Gasteiger partial charge in [-0.15, -0.1) is 21.5 Å². The molecule has 1 aromatic carbocycles. The van der Waals surface area contributed by atoms with Gasteiger partial charge in [-0.25, -0.2) is 4.98 Å². The fourth-order valence-corrected chi connectivity index (χ4v) is 3.04. The van der Waals surface area contributed by atoms with E-state index >= 15 is 0 Å². The number of ether oxygens (including phenoxy) is 1. The third-order valence-corrected chi connectivity index (χ3v) is 4.63. The van der Waals surface area contributed by atoms with Crippen LogP contribution in [0, 0.1) is 0 Å². The van der Waals surface area contributed by atoms with Crippen molar-refractivity contribution >= 4 is 39.7 Å². The van der Waals surface area contributed by atoms with Crippen molar-refractivity contribution in [2.75, 3.05) is 0 Å². The van der Waals surface area contributed by atoms with Crippen molar-refractivity contribution < 1.29 is 13.9 Å². The maximum atomic E-state index is 12.1. The second kappa shape index (κ2) is 7.68. The van der Waals surface area contributed by atoms with E-state index in [0.717, 1.165) is 5.39 Å². The maximum Gasteiger partial charge on any atom is 0.307 e. The Balaban J connectivity index is 1.41. The Hall–Kier alpha value is -3.04. The van der Waals surface area contributed by atoms with E-state index in [2.05, 4.69) is 25.5 Å². The van der Waals surface area contributed by atoms with Crippen LogP contribution in [0.1, 0.15) is 21.4 Å². The molecule has 0 aliphatic rings. The van der Waals surface area contributed by atoms with Gasteiger partial charge in [0.25, 0.3) is 5.89 Å². The lowest BCUT2D eigenvalue weighted by atomic mass is 10.2. The summed E-state index contributed by atoms with van der Waals surface area (Å²) in [6, 6.07) is 7.17. The van der Waals surface area contributed by atoms with Gasteiger partial charge in [0.2, 0.25) is 0 Å². The zero-order valence-electron chi connectivity index (χ0n) is 13.8. The summed E-state index contributed by atoms with van der Waals surface area (Å²) in [5, 5.41) is 12.3. The molecule has 0 unspecified atom stereocenters. The van der Waals surface area contributed by atoms with Gasteiger partial charge in [0, 0.05) is 11.6 Å². The molecule has 10 heteroatoms. The minimum atomic E-state index is -0.435. The molecule has 136 valence electrons. The largest absolute Gasteiger partial charge is 0.485 e. The fourth-order valence-electron chi connectivity index (χ4n) is 2.36. The third kappa shape index (κ3) is 3.88. The molecule has 0 aliphatic heterocycles. The monoisotopic (exact) mass is 401 g/mol. The Kier molecular flexibility index (Phi) is 4.95. The van der Waals surface area contributed by atoms with Gasteiger partial charge in [0.15, 0.2) is 0 Å². The van der Waals surface area contributed by atoms with Crippen LogP contribution in [0.2, 0.25) is 5.02 Å². The predicted octanol–water partition coefficient (Wildman–Crippen LogP) is 3.24. The number of aromatic nitrogens is 4. The average molecular weight is 402 g/mol. The Bertz CT molecular complexity index is 1080. The summed E-state index contributed by atoms with van der Waals surface area (Å²) in [6.45, 7) is 0.390. The summed E-state index contributed by atoms with van der Waals surface area (Å²) in [5.41, 5.74) is 2.73. The van der Waals surface area contributed by atoms with Gasteiger partial charge in [-0.05, 0) is 24.3 Å². The number of carbonyl (C=O) groups is 1. The van der Waals surface area contributed by atoms with Crippen LogP contribution in [0.25, 0.3) is 10.9 Å². The van der Waals surface area contributed by atoms with Crippen LogP contribution in [-0.2, 0) is 13.2 Å². The quantitative estimate of drug-likeness (QED) is 0.529. The van der Waals surface area contributed by atoms with E-state index in [0.29, 0.717) is 27.0 Å². The van der Waals surface area contributed by atoms with Crippen molar-refractivity contribution in [3.63, 3.8) is 0 Å². The molecule has 4 aromatic rings. The minimum absolute atomic E-state index is 0.0443. The number of halogens is 1. The van der Waals surface area contributed by atoms with E-state index < -0.39 is 5.91 Å². The minimum Gasteiger partial charge on any atom is -0.485 e. The lowest BCUT2D eigenvalue weighted by Crippen LogP contribution is -2.23. The van der Waals surface area contributed by atoms with Crippen LogP contribution < -0.4 is 10.1 Å². The van der Waals surface area contributed by atoms with E-state index in [1.807, 2.05) is 12.1 Å². The van der Waals surface area contributed by atoms with Crippen LogP contribution in [0.3, 0.4) is 0 Å². The van der Waals surface area contributed by atoms with Gasteiger partial charge in [-0.2, -0.15) is 0 Å². The van der Waals surface area contributed by atoms with Crippen molar-refractivity contribution in [2.45, 2.75) is 13.2 Å². The summed E-state index contributed by atoms with van der Waals surface area (Å²) < 4.78 is 11.0. The highest BCUT2D eigenvalue weighted by Gasteiger charge is 2.15. The first-order chi connectivity index (χ1) is 13.2. The summed E-state index contributed by atoms with van der Waals surface area (Å²) in [7, 11) is 0. The van der Waals surface area contributed by atoms with Crippen molar-refractivity contribution in [3.8, 4) is 5.75 Å². The summed E-state index contributed by atoms with van der Waals surface area (Å²) in [5.74, 6) is 0.0903. The van der Waals surface area contributed by atoms with E-state index in [4.69, 9.17) is 20.8 Å². The van der Waals surface area contributed by atoms with E-state index in [1.54, 1.807) is 23.8 Å². The van der Waals surface area contributed by atoms with Crippen molar-refractivity contribution in [3.05, 3.63) is 63.9 Å². The zero-order valence-corrected chi connectivity index (χ0v) is 15.3. The first-order valence-electron chi connectivity index (χ1n) is 7.84. The number of carbonyl (C=O) groups excluding carboxylic acids is 1. The van der Waals surface area contributed by atoms with Gasteiger partial charge in [-0.1, -0.05) is 11.6 Å². The molecule has 0 atom stereocenters. The van der Waals surface area contributed by atoms with Crippen molar-refractivity contribution in [1.29, 1.82) is 0 Å². The molecule has 27 heavy (non-hydrogen) atoms. The molecular weight excluding hydrogens is 390 g/mol. The lowest BCUT2D eigenvalue weighted by molar-refractivity contribution is 0.0916. The molecule has 0 bridgehead atoms. The first kappa shape index (κ1) is 17.4. The fraction of sp³-hybridized carbons (Fsp3) is 0.118. The number of hydrogen-bond acceptors (Lipinski definition) is 8. The molecule has 0 aliphatic carbocycles. The smallest absolute Gasteiger partial charge is 0.307 e. The van der Waals surface area contributed by atoms with Gasteiger partial charge < -0.3 is 14.5 Å². The predicted molar refractivity (Wildman–Crippen MR) is 98.7 cm³/mol. The topological polar surface area (TPSA) is 103 Å². The standard InChI is InChI=1S/C17H12ClN5O3S/c18-12-3-4-13(15-11(12)2-1-5-19-15)25-7-10-8-26-17(22-10)16(24)20-6-14-23-21-9-27-14/h1-5,8-9H,6-7H2,(H,20,24). The number of rotatable bonds is 6. The van der Waals surface area contributed by atoms with E-state index in [1.165, 1.54) is 17.6 Å². The highest BCUT2D eigenvalue weighted by atomic mass is 35.5. The number of nitrogens with zero attached hydrogens (tertiary/aromatic N) is 4. The highest BCUT2D eigenvalue weighted by molar-refractivity contribution is 7.09. The lowest BCUT2D eigenvalue weighted by Gasteiger charge is -2.08. The molecule has 0 saturated heterocycles. The first-order valence-corrected chi connectivity index (χ1v) is 9.10. The Labute approximate surface area is 162 Å².